The average Bonchev–Trinajstić information content (AvgIpc) is 2.29. The highest BCUT2D eigenvalue weighted by molar-refractivity contribution is 4.73. The first-order valence-electron chi connectivity index (χ1n) is 6.40. The van der Waals surface area contributed by atoms with Gasteiger partial charge in [0.25, 0.3) is 0 Å². The number of ether oxygens (including phenoxy) is 1. The molecule has 0 amide bonds. The summed E-state index contributed by atoms with van der Waals surface area (Å²) in [5.41, 5.74) is 5.47. The molecule has 1 aliphatic heterocycles. The summed E-state index contributed by atoms with van der Waals surface area (Å²) in [5.74, 6) is 0. The minimum Gasteiger partial charge on any atom is -0.378 e. The van der Waals surface area contributed by atoms with Gasteiger partial charge >= 0.3 is 0 Å². The average molecular weight is 214 g/mol. The first-order valence-corrected chi connectivity index (χ1v) is 6.40. The second-order valence-electron chi connectivity index (χ2n) is 4.38. The predicted octanol–water partition coefficient (Wildman–Crippen LogP) is 1.62. The van der Waals surface area contributed by atoms with Gasteiger partial charge in [0.05, 0.1) is 13.2 Å². The van der Waals surface area contributed by atoms with Gasteiger partial charge in [0.15, 0.2) is 0 Å². The molecule has 0 aliphatic carbocycles. The van der Waals surface area contributed by atoms with Crippen molar-refractivity contribution in [3.63, 3.8) is 0 Å². The van der Waals surface area contributed by atoms with E-state index in [0.717, 1.165) is 26.3 Å². The van der Waals surface area contributed by atoms with Gasteiger partial charge in [0.2, 0.25) is 0 Å². The van der Waals surface area contributed by atoms with Crippen molar-refractivity contribution in [2.75, 3.05) is 32.8 Å². The number of nitrogens with two attached hydrogens (primary N) is 1. The molecule has 1 atom stereocenters. The molecule has 0 saturated carbocycles. The molecule has 1 heterocycles. The third-order valence-corrected chi connectivity index (χ3v) is 3.22. The van der Waals surface area contributed by atoms with E-state index in [1.54, 1.807) is 0 Å². The van der Waals surface area contributed by atoms with E-state index < -0.39 is 0 Å². The zero-order valence-corrected chi connectivity index (χ0v) is 10.1. The molecule has 0 spiro atoms. The first-order chi connectivity index (χ1) is 7.38. The SMILES string of the molecule is CCC1COCCN1CCCCCCN. The summed E-state index contributed by atoms with van der Waals surface area (Å²) in [6.45, 7) is 7.30. The Kier molecular flexibility index (Phi) is 6.98. The largest absolute Gasteiger partial charge is 0.378 e. The number of morpholine rings is 1. The molecule has 90 valence electrons. The molecule has 1 rings (SSSR count). The first kappa shape index (κ1) is 12.9. The molecule has 1 fully saturated rings. The van der Waals surface area contributed by atoms with Gasteiger partial charge in [-0.25, -0.2) is 0 Å². The third-order valence-electron chi connectivity index (χ3n) is 3.22. The summed E-state index contributed by atoms with van der Waals surface area (Å²) in [7, 11) is 0. The van der Waals surface area contributed by atoms with Crippen molar-refractivity contribution in [3.05, 3.63) is 0 Å². The summed E-state index contributed by atoms with van der Waals surface area (Å²) in [6.07, 6.45) is 6.32. The summed E-state index contributed by atoms with van der Waals surface area (Å²) in [6, 6.07) is 0.660. The van der Waals surface area contributed by atoms with Gasteiger partial charge in [-0.05, 0) is 32.4 Å². The quantitative estimate of drug-likeness (QED) is 0.654. The monoisotopic (exact) mass is 214 g/mol. The third kappa shape index (κ3) is 4.96. The molecule has 3 nitrogen and oxygen atoms in total. The zero-order valence-electron chi connectivity index (χ0n) is 10.1. The van der Waals surface area contributed by atoms with Crippen LogP contribution in [0, 0.1) is 0 Å². The van der Waals surface area contributed by atoms with E-state index in [-0.39, 0.29) is 0 Å². The van der Waals surface area contributed by atoms with Gasteiger partial charge in [-0.1, -0.05) is 19.8 Å². The highest BCUT2D eigenvalue weighted by Gasteiger charge is 2.20. The molecule has 0 aromatic rings. The van der Waals surface area contributed by atoms with Gasteiger partial charge in [-0.2, -0.15) is 0 Å². The summed E-state index contributed by atoms with van der Waals surface area (Å²) < 4.78 is 5.49. The van der Waals surface area contributed by atoms with Crippen LogP contribution >= 0.6 is 0 Å². The van der Waals surface area contributed by atoms with Crippen LogP contribution in [-0.2, 0) is 4.74 Å². The van der Waals surface area contributed by atoms with Crippen molar-refractivity contribution in [1.82, 2.24) is 4.90 Å². The van der Waals surface area contributed by atoms with E-state index in [9.17, 15) is 0 Å². The summed E-state index contributed by atoms with van der Waals surface area (Å²) in [4.78, 5) is 2.59. The molecule has 1 saturated heterocycles. The standard InChI is InChI=1S/C12H26N2O/c1-2-12-11-15-10-9-14(12)8-6-4-3-5-7-13/h12H,2-11,13H2,1H3. The van der Waals surface area contributed by atoms with Crippen LogP contribution in [0.15, 0.2) is 0 Å². The second-order valence-corrected chi connectivity index (χ2v) is 4.38. The Morgan fingerprint density at radius 1 is 1.27 bits per heavy atom. The van der Waals surface area contributed by atoms with Crippen LogP contribution < -0.4 is 5.73 Å². The Morgan fingerprint density at radius 3 is 2.80 bits per heavy atom. The molecule has 0 bridgehead atoms. The Morgan fingerprint density at radius 2 is 2.07 bits per heavy atom. The highest BCUT2D eigenvalue weighted by Crippen LogP contribution is 2.11. The molecule has 15 heavy (non-hydrogen) atoms. The Labute approximate surface area is 94.0 Å². The molecule has 0 radical (unpaired) electrons. The Balaban J connectivity index is 2.07. The fraction of sp³-hybridized carbons (Fsp3) is 1.00. The molecule has 3 heteroatoms. The highest BCUT2D eigenvalue weighted by atomic mass is 16.5. The molecular formula is C12H26N2O. The topological polar surface area (TPSA) is 38.5 Å². The van der Waals surface area contributed by atoms with Crippen LogP contribution in [-0.4, -0.2) is 43.8 Å². The number of hydrogen-bond donors (Lipinski definition) is 1. The molecule has 1 aliphatic rings. The Bertz CT molecular complexity index is 153. The zero-order chi connectivity index (χ0) is 10.9. The number of hydrogen-bond acceptors (Lipinski definition) is 3. The molecule has 1 unspecified atom stereocenters. The van der Waals surface area contributed by atoms with E-state index in [0.29, 0.717) is 6.04 Å². The molecule has 2 N–H and O–H groups in total. The fourth-order valence-electron chi connectivity index (χ4n) is 2.17. The van der Waals surface area contributed by atoms with Crippen LogP contribution in [0.1, 0.15) is 39.0 Å². The van der Waals surface area contributed by atoms with Crippen LogP contribution in [0.4, 0.5) is 0 Å². The van der Waals surface area contributed by atoms with Gasteiger partial charge in [-0.3, -0.25) is 4.90 Å². The minimum absolute atomic E-state index is 0.660. The number of rotatable bonds is 7. The predicted molar refractivity (Wildman–Crippen MR) is 64.0 cm³/mol. The lowest BCUT2D eigenvalue weighted by atomic mass is 10.1. The smallest absolute Gasteiger partial charge is 0.0622 e. The van der Waals surface area contributed by atoms with Crippen molar-refractivity contribution >= 4 is 0 Å². The second kappa shape index (κ2) is 8.08. The van der Waals surface area contributed by atoms with Crippen molar-refractivity contribution in [2.45, 2.75) is 45.1 Å². The maximum Gasteiger partial charge on any atom is 0.0622 e. The van der Waals surface area contributed by atoms with E-state index >= 15 is 0 Å². The molecular weight excluding hydrogens is 188 g/mol. The van der Waals surface area contributed by atoms with Gasteiger partial charge < -0.3 is 10.5 Å². The van der Waals surface area contributed by atoms with Crippen LogP contribution in [0.25, 0.3) is 0 Å². The maximum atomic E-state index is 5.49. The number of nitrogens with zero attached hydrogens (tertiary/aromatic N) is 1. The van der Waals surface area contributed by atoms with Crippen LogP contribution in [0.3, 0.4) is 0 Å². The molecule has 0 aromatic heterocycles. The van der Waals surface area contributed by atoms with Gasteiger partial charge in [0, 0.05) is 12.6 Å². The fourth-order valence-corrected chi connectivity index (χ4v) is 2.17. The Hall–Kier alpha value is -0.120. The lowest BCUT2D eigenvalue weighted by Gasteiger charge is -2.35. The van der Waals surface area contributed by atoms with Crippen LogP contribution in [0.2, 0.25) is 0 Å². The number of unbranched alkanes of at least 4 members (excludes halogenated alkanes) is 3. The van der Waals surface area contributed by atoms with Crippen molar-refractivity contribution in [1.29, 1.82) is 0 Å². The summed E-state index contributed by atoms with van der Waals surface area (Å²) >= 11 is 0. The van der Waals surface area contributed by atoms with E-state index in [1.165, 1.54) is 38.6 Å². The van der Waals surface area contributed by atoms with E-state index in [4.69, 9.17) is 10.5 Å². The lowest BCUT2D eigenvalue weighted by Crippen LogP contribution is -2.45. The molecule has 0 aromatic carbocycles. The van der Waals surface area contributed by atoms with E-state index in [2.05, 4.69) is 11.8 Å². The summed E-state index contributed by atoms with van der Waals surface area (Å²) in [5, 5.41) is 0. The maximum absolute atomic E-state index is 5.49. The van der Waals surface area contributed by atoms with Crippen molar-refractivity contribution in [2.24, 2.45) is 5.73 Å². The van der Waals surface area contributed by atoms with Crippen molar-refractivity contribution in [3.8, 4) is 0 Å². The lowest BCUT2D eigenvalue weighted by molar-refractivity contribution is -0.00917. The van der Waals surface area contributed by atoms with E-state index in [1.807, 2.05) is 0 Å². The van der Waals surface area contributed by atoms with Crippen LogP contribution in [0.5, 0.6) is 0 Å². The van der Waals surface area contributed by atoms with Gasteiger partial charge in [0.1, 0.15) is 0 Å². The van der Waals surface area contributed by atoms with Crippen molar-refractivity contribution < 1.29 is 4.74 Å². The normalized spacial score (nSPS) is 23.2. The minimum atomic E-state index is 0.660. The van der Waals surface area contributed by atoms with Gasteiger partial charge in [-0.15, -0.1) is 0 Å².